The molecule has 3 N–H and O–H groups in total. The van der Waals surface area contributed by atoms with Crippen LogP contribution in [0, 0.1) is 0 Å². The number of nitrogens with two attached hydrogens (primary N) is 1. The average Bonchev–Trinajstić information content (AvgIpc) is 2.47. The molecule has 0 amide bonds. The Balaban J connectivity index is 0.00000110. The second-order valence-corrected chi connectivity index (χ2v) is 4.47. The van der Waals surface area contributed by atoms with Crippen LogP contribution < -0.4 is 11.1 Å². The van der Waals surface area contributed by atoms with Crippen molar-refractivity contribution in [3.63, 3.8) is 0 Å². The lowest BCUT2D eigenvalue weighted by molar-refractivity contribution is 1.15. The van der Waals surface area contributed by atoms with E-state index in [0.29, 0.717) is 5.82 Å². The van der Waals surface area contributed by atoms with E-state index in [4.69, 9.17) is 5.73 Å². The van der Waals surface area contributed by atoms with Crippen molar-refractivity contribution in [1.82, 2.24) is 4.98 Å². The topological polar surface area (TPSA) is 50.9 Å². The van der Waals surface area contributed by atoms with Gasteiger partial charge in [0.25, 0.3) is 0 Å². The fourth-order valence-corrected chi connectivity index (χ4v) is 2.10. The van der Waals surface area contributed by atoms with Crippen molar-refractivity contribution in [3.8, 4) is 0 Å². The van der Waals surface area contributed by atoms with Crippen molar-refractivity contribution in [2.45, 2.75) is 6.54 Å². The SMILES string of the molecule is Cl.Cl.Nc1nccc2ccc(NCc3ccccc3)cc12. The first kappa shape index (κ1) is 17.1. The van der Waals surface area contributed by atoms with E-state index >= 15 is 0 Å². The van der Waals surface area contributed by atoms with Crippen LogP contribution in [0.4, 0.5) is 11.5 Å². The third-order valence-corrected chi connectivity index (χ3v) is 3.14. The zero-order chi connectivity index (χ0) is 13.1. The van der Waals surface area contributed by atoms with Gasteiger partial charge in [0.15, 0.2) is 0 Å². The summed E-state index contributed by atoms with van der Waals surface area (Å²) in [5.41, 5.74) is 8.20. The van der Waals surface area contributed by atoms with Crippen LogP contribution >= 0.6 is 24.8 Å². The quantitative estimate of drug-likeness (QED) is 0.757. The number of hydrogen-bond donors (Lipinski definition) is 2. The number of nitrogens with one attached hydrogen (secondary N) is 1. The van der Waals surface area contributed by atoms with Crippen molar-refractivity contribution >= 4 is 47.1 Å². The van der Waals surface area contributed by atoms with E-state index in [0.717, 1.165) is 23.0 Å². The van der Waals surface area contributed by atoms with Crippen LogP contribution in [0.3, 0.4) is 0 Å². The molecule has 1 heterocycles. The maximum atomic E-state index is 5.89. The molecule has 3 rings (SSSR count). The maximum absolute atomic E-state index is 5.89. The van der Waals surface area contributed by atoms with Crippen LogP contribution in [-0.2, 0) is 6.54 Å². The summed E-state index contributed by atoms with van der Waals surface area (Å²) in [6, 6.07) is 18.4. The monoisotopic (exact) mass is 321 g/mol. The molecular formula is C16H17Cl2N3. The van der Waals surface area contributed by atoms with Crippen molar-refractivity contribution in [2.24, 2.45) is 0 Å². The highest BCUT2D eigenvalue weighted by Crippen LogP contribution is 2.22. The Morgan fingerprint density at radius 1 is 0.952 bits per heavy atom. The molecule has 3 nitrogen and oxygen atoms in total. The first-order valence-corrected chi connectivity index (χ1v) is 6.25. The summed E-state index contributed by atoms with van der Waals surface area (Å²) in [5.74, 6) is 0.570. The molecule has 0 saturated carbocycles. The summed E-state index contributed by atoms with van der Waals surface area (Å²) in [6.45, 7) is 0.798. The van der Waals surface area contributed by atoms with E-state index in [1.54, 1.807) is 6.20 Å². The van der Waals surface area contributed by atoms with Crippen LogP contribution in [0.2, 0.25) is 0 Å². The van der Waals surface area contributed by atoms with Gasteiger partial charge in [0.05, 0.1) is 0 Å². The summed E-state index contributed by atoms with van der Waals surface area (Å²) in [6.07, 6.45) is 1.73. The molecule has 0 radical (unpaired) electrons. The average molecular weight is 322 g/mol. The maximum Gasteiger partial charge on any atom is 0.131 e. The molecule has 2 aromatic carbocycles. The Morgan fingerprint density at radius 3 is 2.48 bits per heavy atom. The molecule has 0 fully saturated rings. The number of halogens is 2. The highest BCUT2D eigenvalue weighted by atomic mass is 35.5. The fraction of sp³-hybridized carbons (Fsp3) is 0.0625. The van der Waals surface area contributed by atoms with Crippen LogP contribution in [0.15, 0.2) is 60.8 Å². The minimum absolute atomic E-state index is 0. The number of anilines is 2. The Hall–Kier alpha value is -1.97. The molecule has 5 heteroatoms. The number of rotatable bonds is 3. The largest absolute Gasteiger partial charge is 0.383 e. The second kappa shape index (κ2) is 7.72. The highest BCUT2D eigenvalue weighted by molar-refractivity contribution is 5.93. The Kier molecular flexibility index (Phi) is 6.28. The molecule has 0 unspecified atom stereocenters. The van der Waals surface area contributed by atoms with E-state index in [-0.39, 0.29) is 24.8 Å². The van der Waals surface area contributed by atoms with Crippen molar-refractivity contribution in [2.75, 3.05) is 11.1 Å². The van der Waals surface area contributed by atoms with E-state index in [2.05, 4.69) is 34.6 Å². The number of benzene rings is 2. The third kappa shape index (κ3) is 4.00. The van der Waals surface area contributed by atoms with Crippen molar-refractivity contribution < 1.29 is 0 Å². The minimum atomic E-state index is 0. The first-order valence-electron chi connectivity index (χ1n) is 6.25. The normalized spacial score (nSPS) is 9.52. The zero-order valence-electron chi connectivity index (χ0n) is 11.3. The van der Waals surface area contributed by atoms with E-state index in [1.165, 1.54) is 5.56 Å². The number of pyridine rings is 1. The standard InChI is InChI=1S/C16H15N3.2ClH/c17-16-15-10-14(7-6-13(15)8-9-18-16)19-11-12-4-2-1-3-5-12;;/h1-10,19H,11H2,(H2,17,18);2*1H. The van der Waals surface area contributed by atoms with E-state index < -0.39 is 0 Å². The van der Waals surface area contributed by atoms with Gasteiger partial charge in [0.2, 0.25) is 0 Å². The molecular weight excluding hydrogens is 305 g/mol. The lowest BCUT2D eigenvalue weighted by Crippen LogP contribution is -1.99. The van der Waals surface area contributed by atoms with Crippen LogP contribution in [0.1, 0.15) is 5.56 Å². The minimum Gasteiger partial charge on any atom is -0.383 e. The van der Waals surface area contributed by atoms with Crippen LogP contribution in [0.5, 0.6) is 0 Å². The third-order valence-electron chi connectivity index (χ3n) is 3.14. The summed E-state index contributed by atoms with van der Waals surface area (Å²) in [7, 11) is 0. The number of fused-ring (bicyclic) bond motifs is 1. The van der Waals surface area contributed by atoms with Gasteiger partial charge >= 0.3 is 0 Å². The van der Waals surface area contributed by atoms with Crippen LogP contribution in [-0.4, -0.2) is 4.98 Å². The molecule has 0 aliphatic heterocycles. The summed E-state index contributed by atoms with van der Waals surface area (Å²) >= 11 is 0. The van der Waals surface area contributed by atoms with Gasteiger partial charge in [0, 0.05) is 23.8 Å². The smallest absolute Gasteiger partial charge is 0.131 e. The predicted octanol–water partition coefficient (Wildman–Crippen LogP) is 4.27. The molecule has 1 aromatic heterocycles. The molecule has 0 spiro atoms. The molecule has 110 valence electrons. The predicted molar refractivity (Wildman–Crippen MR) is 94.4 cm³/mol. The second-order valence-electron chi connectivity index (χ2n) is 4.47. The summed E-state index contributed by atoms with van der Waals surface area (Å²) in [4.78, 5) is 4.12. The molecule has 3 aromatic rings. The van der Waals surface area contributed by atoms with E-state index in [9.17, 15) is 0 Å². The highest BCUT2D eigenvalue weighted by Gasteiger charge is 2.00. The van der Waals surface area contributed by atoms with Gasteiger partial charge < -0.3 is 11.1 Å². The zero-order valence-corrected chi connectivity index (χ0v) is 13.0. The van der Waals surface area contributed by atoms with Gasteiger partial charge in [-0.3, -0.25) is 0 Å². The number of aromatic nitrogens is 1. The Labute approximate surface area is 136 Å². The van der Waals surface area contributed by atoms with Crippen LogP contribution in [0.25, 0.3) is 10.8 Å². The number of nitrogens with zero attached hydrogens (tertiary/aromatic N) is 1. The van der Waals surface area contributed by atoms with E-state index in [1.807, 2.05) is 30.3 Å². The first-order chi connectivity index (χ1) is 9.33. The summed E-state index contributed by atoms with van der Waals surface area (Å²) < 4.78 is 0. The Morgan fingerprint density at radius 2 is 1.71 bits per heavy atom. The van der Waals surface area contributed by atoms with Gasteiger partial charge in [0.1, 0.15) is 5.82 Å². The van der Waals surface area contributed by atoms with Crippen molar-refractivity contribution in [3.05, 3.63) is 66.4 Å². The lowest BCUT2D eigenvalue weighted by atomic mass is 10.1. The van der Waals surface area contributed by atoms with Gasteiger partial charge in [-0.25, -0.2) is 4.98 Å². The molecule has 0 aliphatic carbocycles. The van der Waals surface area contributed by atoms with Gasteiger partial charge in [-0.15, -0.1) is 24.8 Å². The van der Waals surface area contributed by atoms with Gasteiger partial charge in [-0.05, 0) is 29.1 Å². The number of nitrogen functional groups attached to an aromatic ring is 1. The molecule has 21 heavy (non-hydrogen) atoms. The van der Waals surface area contributed by atoms with Gasteiger partial charge in [-0.1, -0.05) is 36.4 Å². The lowest BCUT2D eigenvalue weighted by Gasteiger charge is -2.08. The van der Waals surface area contributed by atoms with Crippen molar-refractivity contribution in [1.29, 1.82) is 0 Å². The number of hydrogen-bond acceptors (Lipinski definition) is 3. The molecule has 0 saturated heterocycles. The molecule has 0 bridgehead atoms. The Bertz CT molecular complexity index is 702. The molecule has 0 atom stereocenters. The summed E-state index contributed by atoms with van der Waals surface area (Å²) in [5, 5.41) is 5.49. The molecule has 0 aliphatic rings. The fourth-order valence-electron chi connectivity index (χ4n) is 2.10. The van der Waals surface area contributed by atoms with Gasteiger partial charge in [-0.2, -0.15) is 0 Å².